The molecule has 2 aromatic heterocycles. The van der Waals surface area contributed by atoms with Crippen molar-refractivity contribution in [2.45, 2.75) is 63.9 Å². The number of carboxylic acid groups (broad SMARTS) is 1. The van der Waals surface area contributed by atoms with Crippen LogP contribution in [0.1, 0.15) is 68.2 Å². The highest BCUT2D eigenvalue weighted by Crippen LogP contribution is 2.48. The summed E-state index contributed by atoms with van der Waals surface area (Å²) in [7, 11) is 1.44. The van der Waals surface area contributed by atoms with Crippen molar-refractivity contribution in [2.75, 3.05) is 7.11 Å². The molecule has 35 heavy (non-hydrogen) atoms. The number of aliphatic carboxylic acids is 1. The van der Waals surface area contributed by atoms with Crippen LogP contribution >= 0.6 is 0 Å². The number of hydrogen-bond acceptors (Lipinski definition) is 3. The highest BCUT2D eigenvalue weighted by Gasteiger charge is 2.44. The number of carbonyl (C=O) groups is 1. The van der Waals surface area contributed by atoms with Gasteiger partial charge in [-0.3, -0.25) is 5.10 Å². The van der Waals surface area contributed by atoms with Crippen molar-refractivity contribution >= 4 is 27.8 Å². The molecule has 0 aliphatic heterocycles. The van der Waals surface area contributed by atoms with Gasteiger partial charge < -0.3 is 14.4 Å². The number of rotatable bonds is 5. The summed E-state index contributed by atoms with van der Waals surface area (Å²) in [6.07, 6.45) is 3.40. The normalized spacial score (nSPS) is 20.8. The molecule has 2 N–H and O–H groups in total. The molecule has 6 nitrogen and oxygen atoms in total. The molecule has 0 atom stereocenters. The average Bonchev–Trinajstić information content (AvgIpc) is 3.44. The molecule has 2 aromatic carbocycles. The highest BCUT2D eigenvalue weighted by molar-refractivity contribution is 6.00. The maximum absolute atomic E-state index is 16.1. The maximum atomic E-state index is 16.1. The summed E-state index contributed by atoms with van der Waals surface area (Å²) in [4.78, 5) is 11.9. The number of aromatic nitrogens is 3. The summed E-state index contributed by atoms with van der Waals surface area (Å²) in [5, 5.41) is 17.8. The number of hydrogen-bond donors (Lipinski definition) is 2. The zero-order valence-corrected chi connectivity index (χ0v) is 20.3. The van der Waals surface area contributed by atoms with Gasteiger partial charge >= 0.3 is 5.97 Å². The molecule has 5 rings (SSSR count). The molecule has 0 spiro atoms. The van der Waals surface area contributed by atoms with Gasteiger partial charge in [-0.2, -0.15) is 5.10 Å². The SMILES string of the molecule is COC1(C(=O)O)CCC(c2c(C(C)C)n(-c3ccc(F)c(C)c3)c3cc4cn[nH]c4c(F)c23)CC1. The predicted octanol–water partition coefficient (Wildman–Crippen LogP) is 6.34. The fourth-order valence-electron chi connectivity index (χ4n) is 5.76. The van der Waals surface area contributed by atoms with Gasteiger partial charge in [0.15, 0.2) is 11.4 Å². The van der Waals surface area contributed by atoms with E-state index in [0.29, 0.717) is 53.1 Å². The summed E-state index contributed by atoms with van der Waals surface area (Å²) >= 11 is 0. The number of nitrogens with zero attached hydrogens (tertiary/aromatic N) is 2. The Morgan fingerprint density at radius 1 is 1.26 bits per heavy atom. The molecular formula is C27H29F2N3O3. The first-order chi connectivity index (χ1) is 16.7. The van der Waals surface area contributed by atoms with Gasteiger partial charge in [0, 0.05) is 29.3 Å². The summed E-state index contributed by atoms with van der Waals surface area (Å²) in [6, 6.07) is 6.86. The van der Waals surface area contributed by atoms with Gasteiger partial charge in [0.2, 0.25) is 0 Å². The lowest BCUT2D eigenvalue weighted by molar-refractivity contribution is -0.166. The molecule has 0 bridgehead atoms. The minimum absolute atomic E-state index is 0.0345. The molecular weight excluding hydrogens is 452 g/mol. The smallest absolute Gasteiger partial charge is 0.335 e. The molecule has 0 unspecified atom stereocenters. The lowest BCUT2D eigenvalue weighted by atomic mass is 9.74. The Labute approximate surface area is 201 Å². The average molecular weight is 482 g/mol. The predicted molar refractivity (Wildman–Crippen MR) is 130 cm³/mol. The molecule has 8 heteroatoms. The number of ether oxygens (including phenoxy) is 1. The molecule has 1 aliphatic carbocycles. The third-order valence-corrected chi connectivity index (χ3v) is 7.61. The number of methoxy groups -OCH3 is 1. The second-order valence-corrected chi connectivity index (χ2v) is 9.92. The molecule has 2 heterocycles. The van der Waals surface area contributed by atoms with Crippen molar-refractivity contribution in [2.24, 2.45) is 0 Å². The Kier molecular flexibility index (Phi) is 5.67. The first-order valence-corrected chi connectivity index (χ1v) is 11.9. The Bertz CT molecular complexity index is 1450. The van der Waals surface area contributed by atoms with E-state index in [1.165, 1.54) is 13.2 Å². The Morgan fingerprint density at radius 3 is 2.57 bits per heavy atom. The molecule has 0 radical (unpaired) electrons. The third kappa shape index (κ3) is 3.54. The Morgan fingerprint density at radius 2 is 1.97 bits per heavy atom. The summed E-state index contributed by atoms with van der Waals surface area (Å²) in [6.45, 7) is 5.84. The van der Waals surface area contributed by atoms with E-state index in [1.54, 1.807) is 25.3 Å². The summed E-state index contributed by atoms with van der Waals surface area (Å²) in [5.74, 6) is -1.64. The van der Waals surface area contributed by atoms with Gasteiger partial charge in [-0.05, 0) is 79.8 Å². The van der Waals surface area contributed by atoms with Crippen LogP contribution in [0.4, 0.5) is 8.78 Å². The number of halogens is 2. The van der Waals surface area contributed by atoms with Gasteiger partial charge in [-0.1, -0.05) is 13.8 Å². The number of aryl methyl sites for hydroxylation is 1. The standard InChI is InChI=1S/C27H29F2N3O3/c1-14(2)25-21(16-7-9-27(35-4,10-8-16)26(33)34)22-20(12-17-13-30-31-24(17)23(22)29)32(25)18-5-6-19(28)15(3)11-18/h5-6,11-14,16H,7-10H2,1-4H3,(H,30,31)(H,33,34). The van der Waals surface area contributed by atoms with Crippen LogP contribution in [0, 0.1) is 18.6 Å². The van der Waals surface area contributed by atoms with Crippen molar-refractivity contribution in [1.29, 1.82) is 0 Å². The highest BCUT2D eigenvalue weighted by atomic mass is 19.1. The number of carboxylic acids is 1. The third-order valence-electron chi connectivity index (χ3n) is 7.61. The van der Waals surface area contributed by atoms with E-state index in [9.17, 15) is 14.3 Å². The molecule has 4 aromatic rings. The van der Waals surface area contributed by atoms with Crippen molar-refractivity contribution in [3.8, 4) is 5.69 Å². The lowest BCUT2D eigenvalue weighted by Gasteiger charge is -2.36. The molecule has 184 valence electrons. The van der Waals surface area contributed by atoms with E-state index in [0.717, 1.165) is 16.9 Å². The van der Waals surface area contributed by atoms with Gasteiger partial charge in [0.1, 0.15) is 11.3 Å². The fraction of sp³-hybridized carbons (Fsp3) is 0.407. The second kappa shape index (κ2) is 8.45. The fourth-order valence-corrected chi connectivity index (χ4v) is 5.76. The zero-order chi connectivity index (χ0) is 25.1. The van der Waals surface area contributed by atoms with Crippen molar-refractivity contribution in [1.82, 2.24) is 14.8 Å². The second-order valence-electron chi connectivity index (χ2n) is 9.92. The minimum Gasteiger partial charge on any atom is -0.479 e. The number of aromatic amines is 1. The van der Waals surface area contributed by atoms with Crippen LogP contribution in [0.15, 0.2) is 30.5 Å². The molecule has 1 saturated carbocycles. The van der Waals surface area contributed by atoms with Crippen LogP contribution in [-0.4, -0.2) is 38.6 Å². The van der Waals surface area contributed by atoms with Crippen molar-refractivity contribution in [3.63, 3.8) is 0 Å². The topological polar surface area (TPSA) is 80.1 Å². The van der Waals surface area contributed by atoms with Crippen molar-refractivity contribution < 1.29 is 23.4 Å². The van der Waals surface area contributed by atoms with E-state index in [1.807, 2.05) is 10.6 Å². The largest absolute Gasteiger partial charge is 0.479 e. The number of nitrogens with one attached hydrogen (secondary N) is 1. The van der Waals surface area contributed by atoms with Gasteiger partial charge in [-0.25, -0.2) is 13.6 Å². The number of benzene rings is 2. The van der Waals surface area contributed by atoms with E-state index in [4.69, 9.17) is 4.74 Å². The van der Waals surface area contributed by atoms with Gasteiger partial charge in [0.05, 0.1) is 11.7 Å². The van der Waals surface area contributed by atoms with Gasteiger partial charge in [0.25, 0.3) is 0 Å². The maximum Gasteiger partial charge on any atom is 0.335 e. The van der Waals surface area contributed by atoms with E-state index in [2.05, 4.69) is 24.0 Å². The lowest BCUT2D eigenvalue weighted by Crippen LogP contribution is -2.43. The van der Waals surface area contributed by atoms with Gasteiger partial charge in [-0.15, -0.1) is 0 Å². The van der Waals surface area contributed by atoms with E-state index < -0.39 is 11.6 Å². The first kappa shape index (κ1) is 23.5. The van der Waals surface area contributed by atoms with Crippen LogP contribution in [0.5, 0.6) is 0 Å². The van der Waals surface area contributed by atoms with E-state index >= 15 is 4.39 Å². The minimum atomic E-state index is -1.21. The van der Waals surface area contributed by atoms with Crippen LogP contribution in [0.25, 0.3) is 27.5 Å². The Balaban J connectivity index is 1.80. The number of H-pyrrole nitrogens is 1. The summed E-state index contributed by atoms with van der Waals surface area (Å²) in [5.41, 5.74) is 2.94. The quantitative estimate of drug-likeness (QED) is 0.348. The monoisotopic (exact) mass is 481 g/mol. The van der Waals surface area contributed by atoms with Crippen LogP contribution in [0.3, 0.4) is 0 Å². The number of fused-ring (bicyclic) bond motifs is 2. The van der Waals surface area contributed by atoms with Crippen LogP contribution in [0.2, 0.25) is 0 Å². The van der Waals surface area contributed by atoms with Crippen LogP contribution in [-0.2, 0) is 9.53 Å². The van der Waals surface area contributed by atoms with E-state index in [-0.39, 0.29) is 23.5 Å². The molecule has 0 amide bonds. The first-order valence-electron chi connectivity index (χ1n) is 11.9. The van der Waals surface area contributed by atoms with Crippen molar-refractivity contribution in [3.05, 3.63) is 58.9 Å². The Hall–Kier alpha value is -3.26. The zero-order valence-electron chi connectivity index (χ0n) is 20.3. The summed E-state index contributed by atoms with van der Waals surface area (Å²) < 4.78 is 37.7. The molecule has 1 fully saturated rings. The van der Waals surface area contributed by atoms with Crippen LogP contribution < -0.4 is 0 Å². The molecule has 0 saturated heterocycles. The molecule has 1 aliphatic rings.